The monoisotopic (exact) mass is 262 g/mol. The van der Waals surface area contributed by atoms with Gasteiger partial charge in [-0.15, -0.1) is 0 Å². The first-order valence-electron chi connectivity index (χ1n) is 5.55. The van der Waals surface area contributed by atoms with Crippen LogP contribution in [0.2, 0.25) is 0 Å². The van der Waals surface area contributed by atoms with E-state index in [9.17, 15) is 18.3 Å². The van der Waals surface area contributed by atoms with E-state index in [2.05, 4.69) is 5.32 Å². The first-order valence-corrected chi connectivity index (χ1v) is 5.55. The number of likely N-dealkylation sites (N-methyl/N-ethyl adjacent to an activating group) is 2. The molecule has 0 fully saturated rings. The van der Waals surface area contributed by atoms with Crippen molar-refractivity contribution >= 4 is 5.69 Å². The number of hydrogen-bond donors (Lipinski definition) is 2. The highest BCUT2D eigenvalue weighted by molar-refractivity contribution is 5.48. The Hall–Kier alpha value is -1.27. The Kier molecular flexibility index (Phi) is 4.98. The molecule has 1 rings (SSSR count). The van der Waals surface area contributed by atoms with Gasteiger partial charge in [-0.05, 0) is 25.2 Å². The van der Waals surface area contributed by atoms with Crippen LogP contribution in [0, 0.1) is 0 Å². The number of aliphatic hydroxyl groups excluding tert-OH is 1. The quantitative estimate of drug-likeness (QED) is 0.848. The van der Waals surface area contributed by atoms with Gasteiger partial charge in [-0.25, -0.2) is 0 Å². The van der Waals surface area contributed by atoms with Gasteiger partial charge in [0.15, 0.2) is 0 Å². The summed E-state index contributed by atoms with van der Waals surface area (Å²) < 4.78 is 37.6. The molecule has 1 aromatic carbocycles. The fraction of sp³-hybridized carbons (Fsp3) is 0.500. The van der Waals surface area contributed by atoms with Gasteiger partial charge in [0, 0.05) is 25.8 Å². The summed E-state index contributed by atoms with van der Waals surface area (Å²) in [5, 5.41) is 12.4. The molecule has 102 valence electrons. The molecule has 0 aromatic heterocycles. The summed E-state index contributed by atoms with van der Waals surface area (Å²) in [4.78, 5) is 1.59. The molecule has 0 heterocycles. The number of aliphatic hydroxyl groups is 1. The lowest BCUT2D eigenvalue weighted by Gasteiger charge is -2.23. The zero-order chi connectivity index (χ0) is 13.8. The lowest BCUT2D eigenvalue weighted by molar-refractivity contribution is -0.137. The van der Waals surface area contributed by atoms with Crippen LogP contribution in [-0.4, -0.2) is 38.4 Å². The standard InChI is InChI=1S/C12H17F3N2O/c1-16-7-11(18)8-17(2)10-5-3-4-9(6-10)12(13,14)15/h3-6,11,16,18H,7-8H2,1-2H3. The van der Waals surface area contributed by atoms with Crippen molar-refractivity contribution < 1.29 is 18.3 Å². The van der Waals surface area contributed by atoms with Crippen molar-refractivity contribution in [1.82, 2.24) is 5.32 Å². The van der Waals surface area contributed by atoms with Crippen molar-refractivity contribution in [3.8, 4) is 0 Å². The number of halogens is 3. The Labute approximate surface area is 104 Å². The lowest BCUT2D eigenvalue weighted by atomic mass is 10.2. The lowest BCUT2D eigenvalue weighted by Crippen LogP contribution is -2.35. The van der Waals surface area contributed by atoms with Crippen LogP contribution in [0.5, 0.6) is 0 Å². The molecule has 0 saturated carbocycles. The van der Waals surface area contributed by atoms with Crippen molar-refractivity contribution in [3.05, 3.63) is 29.8 Å². The van der Waals surface area contributed by atoms with Crippen LogP contribution in [-0.2, 0) is 6.18 Å². The molecule has 0 bridgehead atoms. The Morgan fingerprint density at radius 3 is 2.61 bits per heavy atom. The third-order valence-electron chi connectivity index (χ3n) is 2.54. The Bertz CT molecular complexity index is 382. The summed E-state index contributed by atoms with van der Waals surface area (Å²) in [6, 6.07) is 5.05. The summed E-state index contributed by atoms with van der Waals surface area (Å²) in [6.07, 6.45) is -4.98. The van der Waals surface area contributed by atoms with E-state index in [0.29, 0.717) is 12.2 Å². The van der Waals surface area contributed by atoms with E-state index in [1.807, 2.05) is 0 Å². The summed E-state index contributed by atoms with van der Waals surface area (Å²) in [6.45, 7) is 0.658. The molecule has 1 unspecified atom stereocenters. The van der Waals surface area contributed by atoms with Crippen molar-refractivity contribution in [2.75, 3.05) is 32.1 Å². The minimum Gasteiger partial charge on any atom is -0.390 e. The Balaban J connectivity index is 2.77. The van der Waals surface area contributed by atoms with E-state index >= 15 is 0 Å². The average molecular weight is 262 g/mol. The van der Waals surface area contributed by atoms with Crippen LogP contribution in [0.1, 0.15) is 5.56 Å². The minimum atomic E-state index is -4.35. The fourth-order valence-electron chi connectivity index (χ4n) is 1.64. The highest BCUT2D eigenvalue weighted by atomic mass is 19.4. The molecule has 1 aromatic rings. The van der Waals surface area contributed by atoms with E-state index < -0.39 is 17.8 Å². The highest BCUT2D eigenvalue weighted by Gasteiger charge is 2.30. The van der Waals surface area contributed by atoms with Crippen LogP contribution >= 0.6 is 0 Å². The molecular weight excluding hydrogens is 245 g/mol. The predicted molar refractivity (Wildman–Crippen MR) is 64.6 cm³/mol. The average Bonchev–Trinajstić information content (AvgIpc) is 2.28. The van der Waals surface area contributed by atoms with Gasteiger partial charge in [-0.1, -0.05) is 6.07 Å². The van der Waals surface area contributed by atoms with Crippen molar-refractivity contribution in [3.63, 3.8) is 0 Å². The fourth-order valence-corrected chi connectivity index (χ4v) is 1.64. The number of anilines is 1. The van der Waals surface area contributed by atoms with Gasteiger partial charge in [0.1, 0.15) is 0 Å². The molecule has 0 radical (unpaired) electrons. The van der Waals surface area contributed by atoms with Gasteiger partial charge in [0.05, 0.1) is 11.7 Å². The van der Waals surface area contributed by atoms with Crippen LogP contribution in [0.15, 0.2) is 24.3 Å². The maximum absolute atomic E-state index is 12.5. The number of nitrogens with one attached hydrogen (secondary N) is 1. The number of alkyl halides is 3. The van der Waals surface area contributed by atoms with Gasteiger partial charge >= 0.3 is 6.18 Å². The van der Waals surface area contributed by atoms with E-state index in [0.717, 1.165) is 12.1 Å². The first-order chi connectivity index (χ1) is 8.34. The van der Waals surface area contributed by atoms with E-state index in [-0.39, 0.29) is 6.54 Å². The molecule has 0 aliphatic carbocycles. The largest absolute Gasteiger partial charge is 0.416 e. The molecule has 0 amide bonds. The molecule has 6 heteroatoms. The third kappa shape index (κ3) is 4.19. The van der Waals surface area contributed by atoms with Crippen molar-refractivity contribution in [2.45, 2.75) is 12.3 Å². The predicted octanol–water partition coefficient (Wildman–Crippen LogP) is 1.72. The van der Waals surface area contributed by atoms with E-state index in [1.54, 1.807) is 25.1 Å². The van der Waals surface area contributed by atoms with Crippen LogP contribution in [0.3, 0.4) is 0 Å². The topological polar surface area (TPSA) is 35.5 Å². The zero-order valence-electron chi connectivity index (χ0n) is 10.3. The second-order valence-corrected chi connectivity index (χ2v) is 4.14. The van der Waals surface area contributed by atoms with E-state index in [4.69, 9.17) is 0 Å². The summed E-state index contributed by atoms with van der Waals surface area (Å²) in [5.41, 5.74) is -0.255. The number of nitrogens with zero attached hydrogens (tertiary/aromatic N) is 1. The summed E-state index contributed by atoms with van der Waals surface area (Å²) >= 11 is 0. The zero-order valence-corrected chi connectivity index (χ0v) is 10.3. The maximum Gasteiger partial charge on any atom is 0.416 e. The molecule has 3 nitrogen and oxygen atoms in total. The second kappa shape index (κ2) is 6.06. The summed E-state index contributed by atoms with van der Waals surface area (Å²) in [7, 11) is 3.35. The molecule has 2 N–H and O–H groups in total. The molecule has 0 saturated heterocycles. The van der Waals surface area contributed by atoms with Gasteiger partial charge in [-0.3, -0.25) is 0 Å². The SMILES string of the molecule is CNCC(O)CN(C)c1cccc(C(F)(F)F)c1. The van der Waals surface area contributed by atoms with Gasteiger partial charge in [0.2, 0.25) is 0 Å². The maximum atomic E-state index is 12.5. The van der Waals surface area contributed by atoms with Crippen LogP contribution in [0.25, 0.3) is 0 Å². The van der Waals surface area contributed by atoms with E-state index in [1.165, 1.54) is 6.07 Å². The third-order valence-corrected chi connectivity index (χ3v) is 2.54. The molecule has 0 aliphatic heterocycles. The number of benzene rings is 1. The Morgan fingerprint density at radius 1 is 1.39 bits per heavy atom. The van der Waals surface area contributed by atoms with Gasteiger partial charge < -0.3 is 15.3 Å². The van der Waals surface area contributed by atoms with Crippen LogP contribution < -0.4 is 10.2 Å². The Morgan fingerprint density at radius 2 is 2.06 bits per heavy atom. The van der Waals surface area contributed by atoms with Crippen LogP contribution in [0.4, 0.5) is 18.9 Å². The highest BCUT2D eigenvalue weighted by Crippen LogP contribution is 2.31. The minimum absolute atomic E-state index is 0.266. The molecule has 0 spiro atoms. The number of rotatable bonds is 5. The molecule has 18 heavy (non-hydrogen) atoms. The normalized spacial score (nSPS) is 13.4. The molecule has 0 aliphatic rings. The summed E-state index contributed by atoms with van der Waals surface area (Å²) in [5.74, 6) is 0. The second-order valence-electron chi connectivity index (χ2n) is 4.14. The molecule has 1 atom stereocenters. The smallest absolute Gasteiger partial charge is 0.390 e. The number of hydrogen-bond acceptors (Lipinski definition) is 3. The van der Waals surface area contributed by atoms with Gasteiger partial charge in [-0.2, -0.15) is 13.2 Å². The van der Waals surface area contributed by atoms with Crippen molar-refractivity contribution in [2.24, 2.45) is 0 Å². The molecular formula is C12H17F3N2O. The van der Waals surface area contributed by atoms with Gasteiger partial charge in [0.25, 0.3) is 0 Å². The first kappa shape index (κ1) is 14.8. The van der Waals surface area contributed by atoms with Crippen molar-refractivity contribution in [1.29, 1.82) is 0 Å².